The lowest BCUT2D eigenvalue weighted by atomic mass is 10.0. The Morgan fingerprint density at radius 3 is 2.21 bits per heavy atom. The van der Waals surface area contributed by atoms with Crippen LogP contribution in [0.2, 0.25) is 0 Å². The lowest BCUT2D eigenvalue weighted by Crippen LogP contribution is -2.54. The zero-order chi connectivity index (χ0) is 28.2. The molecule has 0 fully saturated rings. The van der Waals surface area contributed by atoms with Gasteiger partial charge in [-0.25, -0.2) is 0 Å². The van der Waals surface area contributed by atoms with Gasteiger partial charge in [0.05, 0.1) is 46.0 Å². The molecule has 11 heteroatoms. The normalized spacial score (nSPS) is 12.3. The Kier molecular flexibility index (Phi) is 11.9. The minimum absolute atomic E-state index is 0.0558. The average Bonchev–Trinajstić information content (AvgIpc) is 2.89. The summed E-state index contributed by atoms with van der Waals surface area (Å²) in [5, 5.41) is 14.6. The molecule has 3 N–H and O–H groups in total. The minimum atomic E-state index is -1.25. The number of hydrogen-bond donors (Lipinski definition) is 3. The SMILES string of the molecule is COc1cccc(SCC(=O)C(CC(=O)O)NC(=O)[C@@H](NC(=O)Cc2cc(OC)ccc2OC)C(C)C)c1. The van der Waals surface area contributed by atoms with Crippen molar-refractivity contribution in [3.8, 4) is 17.2 Å². The van der Waals surface area contributed by atoms with E-state index in [2.05, 4.69) is 10.6 Å². The van der Waals surface area contributed by atoms with Crippen molar-refractivity contribution >= 4 is 35.3 Å². The molecule has 1 unspecified atom stereocenters. The molecular formula is C27H34N2O8S. The van der Waals surface area contributed by atoms with Crippen molar-refractivity contribution in [1.29, 1.82) is 0 Å². The molecule has 2 rings (SSSR count). The number of carboxylic acids is 1. The molecule has 206 valence electrons. The van der Waals surface area contributed by atoms with Crippen LogP contribution >= 0.6 is 11.8 Å². The Labute approximate surface area is 226 Å². The van der Waals surface area contributed by atoms with Gasteiger partial charge in [-0.15, -0.1) is 11.8 Å². The highest BCUT2D eigenvalue weighted by Crippen LogP contribution is 2.25. The van der Waals surface area contributed by atoms with Crippen LogP contribution in [0.1, 0.15) is 25.8 Å². The highest BCUT2D eigenvalue weighted by atomic mass is 32.2. The fourth-order valence-corrected chi connectivity index (χ4v) is 4.46. The van der Waals surface area contributed by atoms with Gasteiger partial charge in [-0.2, -0.15) is 0 Å². The predicted molar refractivity (Wildman–Crippen MR) is 143 cm³/mol. The van der Waals surface area contributed by atoms with Crippen molar-refractivity contribution in [3.63, 3.8) is 0 Å². The summed E-state index contributed by atoms with van der Waals surface area (Å²) >= 11 is 1.21. The predicted octanol–water partition coefficient (Wildman–Crippen LogP) is 2.72. The Morgan fingerprint density at radius 1 is 0.921 bits per heavy atom. The van der Waals surface area contributed by atoms with Crippen LogP contribution in [-0.4, -0.2) is 67.8 Å². The number of thioether (sulfide) groups is 1. The van der Waals surface area contributed by atoms with E-state index in [0.29, 0.717) is 22.8 Å². The van der Waals surface area contributed by atoms with Crippen LogP contribution in [0.15, 0.2) is 47.4 Å². The van der Waals surface area contributed by atoms with Crippen LogP contribution in [0.25, 0.3) is 0 Å². The summed E-state index contributed by atoms with van der Waals surface area (Å²) in [6, 6.07) is 9.91. The van der Waals surface area contributed by atoms with Gasteiger partial charge in [0, 0.05) is 10.5 Å². The molecule has 0 radical (unpaired) electrons. The number of amides is 2. The summed E-state index contributed by atoms with van der Waals surface area (Å²) in [6.07, 6.45) is -0.658. The number of carboxylic acid groups (broad SMARTS) is 1. The number of methoxy groups -OCH3 is 3. The van der Waals surface area contributed by atoms with E-state index in [4.69, 9.17) is 14.2 Å². The van der Waals surface area contributed by atoms with Crippen LogP contribution in [-0.2, 0) is 25.6 Å². The Hall–Kier alpha value is -3.73. The number of ketones is 1. The molecular weight excluding hydrogens is 512 g/mol. The van der Waals surface area contributed by atoms with Crippen LogP contribution in [0.4, 0.5) is 0 Å². The van der Waals surface area contributed by atoms with E-state index >= 15 is 0 Å². The molecule has 0 aliphatic heterocycles. The highest BCUT2D eigenvalue weighted by molar-refractivity contribution is 8.00. The number of aliphatic carboxylic acids is 1. The van der Waals surface area contributed by atoms with Gasteiger partial charge in [0.1, 0.15) is 23.3 Å². The Morgan fingerprint density at radius 2 is 1.61 bits per heavy atom. The number of Topliss-reactive ketones (excluding diaryl/α,β-unsaturated/α-hetero) is 1. The zero-order valence-corrected chi connectivity index (χ0v) is 22.9. The molecule has 0 spiro atoms. The third kappa shape index (κ3) is 9.29. The fraction of sp³-hybridized carbons (Fsp3) is 0.407. The van der Waals surface area contributed by atoms with E-state index in [-0.39, 0.29) is 18.1 Å². The maximum Gasteiger partial charge on any atom is 0.305 e. The summed E-state index contributed by atoms with van der Waals surface area (Å²) in [7, 11) is 4.53. The highest BCUT2D eigenvalue weighted by Gasteiger charge is 2.30. The van der Waals surface area contributed by atoms with Crippen molar-refractivity contribution in [2.75, 3.05) is 27.1 Å². The van der Waals surface area contributed by atoms with Gasteiger partial charge in [-0.05, 0) is 42.3 Å². The number of carbonyl (C=O) groups is 4. The van der Waals surface area contributed by atoms with E-state index in [1.165, 1.54) is 33.1 Å². The van der Waals surface area contributed by atoms with Gasteiger partial charge in [-0.1, -0.05) is 19.9 Å². The van der Waals surface area contributed by atoms with E-state index in [1.54, 1.807) is 56.3 Å². The number of hydrogen-bond acceptors (Lipinski definition) is 8. The first-order valence-electron chi connectivity index (χ1n) is 11.9. The van der Waals surface area contributed by atoms with Crippen LogP contribution < -0.4 is 24.8 Å². The molecule has 0 heterocycles. The second kappa shape index (κ2) is 14.9. The van der Waals surface area contributed by atoms with Crippen LogP contribution in [0, 0.1) is 5.92 Å². The first-order chi connectivity index (χ1) is 18.1. The zero-order valence-electron chi connectivity index (χ0n) is 22.1. The van der Waals surface area contributed by atoms with Crippen molar-refractivity contribution in [3.05, 3.63) is 48.0 Å². The largest absolute Gasteiger partial charge is 0.497 e. The molecule has 2 aromatic carbocycles. The third-order valence-electron chi connectivity index (χ3n) is 5.61. The van der Waals surface area contributed by atoms with Crippen LogP contribution in [0.3, 0.4) is 0 Å². The lowest BCUT2D eigenvalue weighted by Gasteiger charge is -2.25. The summed E-state index contributed by atoms with van der Waals surface area (Å²) in [4.78, 5) is 51.0. The number of carbonyl (C=O) groups excluding carboxylic acids is 3. The molecule has 0 aliphatic carbocycles. The molecule has 0 saturated carbocycles. The van der Waals surface area contributed by atoms with Crippen LogP contribution in [0.5, 0.6) is 17.2 Å². The molecule has 2 aromatic rings. The second-order valence-electron chi connectivity index (χ2n) is 8.74. The molecule has 0 aromatic heterocycles. The molecule has 0 saturated heterocycles. The Balaban J connectivity index is 2.09. The first-order valence-corrected chi connectivity index (χ1v) is 12.9. The van der Waals surface area contributed by atoms with Gasteiger partial charge in [0.15, 0.2) is 5.78 Å². The molecule has 0 aliphatic rings. The van der Waals surface area contributed by atoms with Gasteiger partial charge in [0.25, 0.3) is 0 Å². The number of benzene rings is 2. The topological polar surface area (TPSA) is 140 Å². The second-order valence-corrected chi connectivity index (χ2v) is 9.79. The molecule has 0 bridgehead atoms. The fourth-order valence-electron chi connectivity index (χ4n) is 3.58. The van der Waals surface area contributed by atoms with Crippen molar-refractivity contribution < 1.29 is 38.5 Å². The Bertz CT molecular complexity index is 1140. The molecule has 2 atom stereocenters. The minimum Gasteiger partial charge on any atom is -0.497 e. The first kappa shape index (κ1) is 30.5. The molecule has 2 amide bonds. The third-order valence-corrected chi connectivity index (χ3v) is 6.63. The summed E-state index contributed by atoms with van der Waals surface area (Å²) in [5.74, 6) is -1.50. The van der Waals surface area contributed by atoms with Gasteiger partial charge in [-0.3, -0.25) is 19.2 Å². The van der Waals surface area contributed by atoms with Crippen molar-refractivity contribution in [1.82, 2.24) is 10.6 Å². The van der Waals surface area contributed by atoms with Crippen molar-refractivity contribution in [2.24, 2.45) is 5.92 Å². The van der Waals surface area contributed by atoms with Gasteiger partial charge in [0.2, 0.25) is 11.8 Å². The molecule has 38 heavy (non-hydrogen) atoms. The maximum atomic E-state index is 13.1. The lowest BCUT2D eigenvalue weighted by molar-refractivity contribution is -0.140. The van der Waals surface area contributed by atoms with E-state index in [1.807, 2.05) is 0 Å². The maximum absolute atomic E-state index is 13.1. The summed E-state index contributed by atoms with van der Waals surface area (Å²) in [5.41, 5.74) is 0.570. The number of rotatable bonds is 15. The van der Waals surface area contributed by atoms with Gasteiger partial charge >= 0.3 is 5.97 Å². The van der Waals surface area contributed by atoms with E-state index < -0.39 is 42.1 Å². The monoisotopic (exact) mass is 546 g/mol. The standard InChI is InChI=1S/C27H34N2O8S/c1-16(2)26(29-24(31)12-17-11-19(36-4)9-10-23(17)37-5)27(34)28-21(14-25(32)33)22(30)15-38-20-8-6-7-18(13-20)35-3/h6-11,13,16,21,26H,12,14-15H2,1-5H3,(H,28,34)(H,29,31)(H,32,33)/t21?,26-/m0/s1. The summed E-state index contributed by atoms with van der Waals surface area (Å²) in [6.45, 7) is 3.48. The smallest absolute Gasteiger partial charge is 0.305 e. The number of ether oxygens (including phenoxy) is 3. The average molecular weight is 547 g/mol. The number of nitrogens with one attached hydrogen (secondary N) is 2. The van der Waals surface area contributed by atoms with E-state index in [9.17, 15) is 24.3 Å². The van der Waals surface area contributed by atoms with Crippen molar-refractivity contribution in [2.45, 2.75) is 43.7 Å². The summed E-state index contributed by atoms with van der Waals surface area (Å²) < 4.78 is 15.7. The molecule has 10 nitrogen and oxygen atoms in total. The van der Waals surface area contributed by atoms with Gasteiger partial charge < -0.3 is 30.0 Å². The quantitative estimate of drug-likeness (QED) is 0.288. The van der Waals surface area contributed by atoms with E-state index in [0.717, 1.165) is 4.90 Å².